The molecule has 1 aliphatic heterocycles. The summed E-state index contributed by atoms with van der Waals surface area (Å²) in [6.07, 6.45) is -0.848. The second kappa shape index (κ2) is 7.80. The molecule has 0 aliphatic carbocycles. The van der Waals surface area contributed by atoms with Gasteiger partial charge < -0.3 is 20.3 Å². The molecule has 0 bridgehead atoms. The molecule has 2 aromatic rings. The van der Waals surface area contributed by atoms with Crippen LogP contribution in [0.1, 0.15) is 37.0 Å². The molecule has 0 spiro atoms. The van der Waals surface area contributed by atoms with Crippen molar-refractivity contribution in [3.8, 4) is 11.4 Å². The van der Waals surface area contributed by atoms with Crippen LogP contribution in [0.2, 0.25) is 0 Å². The molecule has 1 unspecified atom stereocenters. The van der Waals surface area contributed by atoms with Crippen LogP contribution in [0, 0.1) is 5.41 Å². The number of aliphatic hydroxyl groups excluding tert-OH is 1. The van der Waals surface area contributed by atoms with Gasteiger partial charge in [0.1, 0.15) is 12.1 Å². The van der Waals surface area contributed by atoms with Crippen LogP contribution < -0.4 is 16.0 Å². The van der Waals surface area contributed by atoms with E-state index in [4.69, 9.17) is 4.98 Å². The lowest BCUT2D eigenvalue weighted by atomic mass is 9.85. The van der Waals surface area contributed by atoms with E-state index in [0.29, 0.717) is 12.2 Å². The van der Waals surface area contributed by atoms with Crippen molar-refractivity contribution < 1.29 is 9.90 Å². The molecule has 27 heavy (non-hydrogen) atoms. The van der Waals surface area contributed by atoms with E-state index in [1.165, 1.54) is 0 Å². The molecule has 1 aromatic heterocycles. The van der Waals surface area contributed by atoms with Crippen LogP contribution >= 0.6 is 0 Å². The molecule has 0 saturated carbocycles. The molecule has 0 saturated heterocycles. The Hall–Kier alpha value is -2.22. The molecule has 0 fully saturated rings. The number of imidazole rings is 1. The fraction of sp³-hybridized carbons (Fsp3) is 0.500. The number of carbonyl (C=O) groups is 1. The van der Waals surface area contributed by atoms with Crippen LogP contribution in [0.4, 0.5) is 0 Å². The lowest BCUT2D eigenvalue weighted by Crippen LogP contribution is -2.55. The molecule has 146 valence electrons. The maximum Gasteiger partial charge on any atom is 0.272 e. The molecule has 1 amide bonds. The van der Waals surface area contributed by atoms with Crippen LogP contribution in [0.3, 0.4) is 0 Å². The summed E-state index contributed by atoms with van der Waals surface area (Å²) >= 11 is 0. The number of hydrogen-bond donors (Lipinski definition) is 4. The van der Waals surface area contributed by atoms with Crippen LogP contribution in [0.5, 0.6) is 0 Å². The van der Waals surface area contributed by atoms with E-state index in [-0.39, 0.29) is 11.3 Å². The third-order valence-corrected chi connectivity index (χ3v) is 4.96. The maximum absolute atomic E-state index is 13.1. The first kappa shape index (κ1) is 19.5. The lowest BCUT2D eigenvalue weighted by Gasteiger charge is -2.34. The minimum absolute atomic E-state index is 0.265. The zero-order valence-corrected chi connectivity index (χ0v) is 16.4. The average molecular weight is 371 g/mol. The molecular weight excluding hydrogens is 342 g/mol. The Morgan fingerprint density at radius 1 is 1.30 bits per heavy atom. The molecule has 1 aromatic carbocycles. The second-order valence-electron chi connectivity index (χ2n) is 7.98. The fourth-order valence-electron chi connectivity index (χ4n) is 3.44. The molecule has 0 radical (unpaired) electrons. The summed E-state index contributed by atoms with van der Waals surface area (Å²) in [4.78, 5) is 17.8. The lowest BCUT2D eigenvalue weighted by molar-refractivity contribution is 0.0446. The van der Waals surface area contributed by atoms with Crippen molar-refractivity contribution in [2.75, 3.05) is 13.6 Å². The number of nitrogens with zero attached hydrogens (tertiary/aromatic N) is 2. The Morgan fingerprint density at radius 3 is 2.63 bits per heavy atom. The molecule has 7 nitrogen and oxygen atoms in total. The van der Waals surface area contributed by atoms with Crippen molar-refractivity contribution in [3.05, 3.63) is 41.7 Å². The van der Waals surface area contributed by atoms with Crippen LogP contribution in [-0.2, 0) is 13.1 Å². The highest BCUT2D eigenvalue weighted by atomic mass is 16.3. The second-order valence-corrected chi connectivity index (χ2v) is 7.98. The average Bonchev–Trinajstić information content (AvgIpc) is 3.05. The van der Waals surface area contributed by atoms with Gasteiger partial charge in [0.25, 0.3) is 5.91 Å². The summed E-state index contributed by atoms with van der Waals surface area (Å²) in [5.41, 5.74) is 1.96. The number of aliphatic hydroxyl groups is 1. The van der Waals surface area contributed by atoms with E-state index in [0.717, 1.165) is 30.2 Å². The van der Waals surface area contributed by atoms with E-state index >= 15 is 0 Å². The first-order chi connectivity index (χ1) is 12.8. The molecular formula is C20H29N5O2. The summed E-state index contributed by atoms with van der Waals surface area (Å²) < 4.78 is 2.11. The van der Waals surface area contributed by atoms with E-state index < -0.39 is 12.3 Å². The number of carbonyl (C=O) groups excluding carboxylic acids is 1. The first-order valence-corrected chi connectivity index (χ1v) is 9.34. The third kappa shape index (κ3) is 4.05. The summed E-state index contributed by atoms with van der Waals surface area (Å²) in [6.45, 7) is 8.15. The van der Waals surface area contributed by atoms with Gasteiger partial charge in [-0.1, -0.05) is 51.1 Å². The van der Waals surface area contributed by atoms with Gasteiger partial charge >= 0.3 is 0 Å². The number of aromatic nitrogens is 2. The molecule has 3 rings (SSSR count). The highest BCUT2D eigenvalue weighted by molar-refractivity contribution is 5.94. The highest BCUT2D eigenvalue weighted by Gasteiger charge is 2.34. The SMILES string of the molecule is CNC(O)[C@@H](NC(=O)c1nc(-c2ccccc2)n2c1CNCC2)C(C)(C)C. The molecule has 7 heteroatoms. The number of amides is 1. The van der Waals surface area contributed by atoms with Gasteiger partial charge in [0.05, 0.1) is 11.7 Å². The normalized spacial score (nSPS) is 16.5. The Bertz CT molecular complexity index is 795. The van der Waals surface area contributed by atoms with Gasteiger partial charge in [0.15, 0.2) is 5.69 Å². The zero-order chi connectivity index (χ0) is 19.6. The number of benzene rings is 1. The Balaban J connectivity index is 1.96. The Morgan fingerprint density at radius 2 is 2.00 bits per heavy atom. The van der Waals surface area contributed by atoms with Crippen LogP contribution in [0.15, 0.2) is 30.3 Å². The van der Waals surface area contributed by atoms with Crippen molar-refractivity contribution in [1.82, 2.24) is 25.5 Å². The topological polar surface area (TPSA) is 91.2 Å². The van der Waals surface area contributed by atoms with E-state index in [9.17, 15) is 9.90 Å². The Kier molecular flexibility index (Phi) is 5.64. The maximum atomic E-state index is 13.1. The Labute approximate surface area is 160 Å². The smallest absolute Gasteiger partial charge is 0.272 e. The van der Waals surface area contributed by atoms with Crippen LogP contribution in [0.25, 0.3) is 11.4 Å². The van der Waals surface area contributed by atoms with Gasteiger partial charge in [-0.25, -0.2) is 4.98 Å². The van der Waals surface area contributed by atoms with E-state index in [2.05, 4.69) is 20.5 Å². The number of rotatable bonds is 5. The van der Waals surface area contributed by atoms with Gasteiger partial charge in [-0.05, 0) is 12.5 Å². The fourth-order valence-corrected chi connectivity index (χ4v) is 3.44. The van der Waals surface area contributed by atoms with Crippen molar-refractivity contribution in [2.24, 2.45) is 5.41 Å². The molecule has 4 N–H and O–H groups in total. The predicted octanol–water partition coefficient (Wildman–Crippen LogP) is 1.34. The van der Waals surface area contributed by atoms with Gasteiger partial charge in [-0.3, -0.25) is 10.1 Å². The summed E-state index contributed by atoms with van der Waals surface area (Å²) in [5, 5.41) is 19.4. The van der Waals surface area contributed by atoms with Crippen molar-refractivity contribution in [3.63, 3.8) is 0 Å². The van der Waals surface area contributed by atoms with E-state index in [1.807, 2.05) is 51.1 Å². The molecule has 2 atom stereocenters. The molecule has 1 aliphatic rings. The first-order valence-electron chi connectivity index (χ1n) is 9.34. The number of fused-ring (bicyclic) bond motifs is 1. The summed E-state index contributed by atoms with van der Waals surface area (Å²) in [5.74, 6) is 0.539. The van der Waals surface area contributed by atoms with Crippen molar-refractivity contribution in [1.29, 1.82) is 0 Å². The van der Waals surface area contributed by atoms with Crippen molar-refractivity contribution in [2.45, 2.75) is 46.1 Å². The third-order valence-electron chi connectivity index (χ3n) is 4.96. The summed E-state index contributed by atoms with van der Waals surface area (Å²) in [6, 6.07) is 9.45. The quantitative estimate of drug-likeness (QED) is 0.596. The monoisotopic (exact) mass is 371 g/mol. The minimum Gasteiger partial charge on any atom is -0.376 e. The standard InChI is InChI=1S/C20H29N5O2/c1-20(2,3)16(19(27)21-4)24-18(26)15-14-12-22-10-11-25(14)17(23-15)13-8-6-5-7-9-13/h5-9,16,19,21-22,27H,10-12H2,1-4H3,(H,24,26)/t16-,19?/m1/s1. The van der Waals surface area contributed by atoms with Gasteiger partial charge in [0, 0.05) is 25.2 Å². The number of likely N-dealkylation sites (N-methyl/N-ethyl adjacent to an activating group) is 1. The number of nitrogens with one attached hydrogen (secondary N) is 3. The van der Waals surface area contributed by atoms with E-state index in [1.54, 1.807) is 7.05 Å². The van der Waals surface area contributed by atoms with Crippen LogP contribution in [-0.4, -0.2) is 46.4 Å². The largest absolute Gasteiger partial charge is 0.376 e. The predicted molar refractivity (Wildman–Crippen MR) is 105 cm³/mol. The van der Waals surface area contributed by atoms with Gasteiger partial charge in [0.2, 0.25) is 0 Å². The molecule has 2 heterocycles. The highest BCUT2D eigenvalue weighted by Crippen LogP contribution is 2.26. The van der Waals surface area contributed by atoms with Gasteiger partial charge in [-0.2, -0.15) is 0 Å². The zero-order valence-electron chi connectivity index (χ0n) is 16.4. The van der Waals surface area contributed by atoms with Crippen molar-refractivity contribution >= 4 is 5.91 Å². The van der Waals surface area contributed by atoms with Gasteiger partial charge in [-0.15, -0.1) is 0 Å². The summed E-state index contributed by atoms with van der Waals surface area (Å²) in [7, 11) is 1.67. The number of hydrogen-bond acceptors (Lipinski definition) is 5. The minimum atomic E-state index is -0.848.